The zero-order valence-electron chi connectivity index (χ0n) is 9.86. The van der Waals surface area contributed by atoms with Crippen LogP contribution in [-0.4, -0.2) is 31.0 Å². The van der Waals surface area contributed by atoms with Crippen LogP contribution in [-0.2, 0) is 11.2 Å². The van der Waals surface area contributed by atoms with Crippen molar-refractivity contribution in [3.63, 3.8) is 0 Å². The Hall–Kier alpha value is -1.42. The average Bonchev–Trinajstić information content (AvgIpc) is 2.30. The summed E-state index contributed by atoms with van der Waals surface area (Å²) in [6.45, 7) is 3.26. The molecule has 1 amide bonds. The van der Waals surface area contributed by atoms with E-state index >= 15 is 0 Å². The predicted molar refractivity (Wildman–Crippen MR) is 64.0 cm³/mol. The van der Waals surface area contributed by atoms with Crippen LogP contribution in [0.2, 0.25) is 0 Å². The Kier molecular flexibility index (Phi) is 5.50. The van der Waals surface area contributed by atoms with E-state index in [1.165, 1.54) is 0 Å². The summed E-state index contributed by atoms with van der Waals surface area (Å²) in [5.74, 6) is 0.0963. The smallest absolute Gasteiger partial charge is 0.224 e. The van der Waals surface area contributed by atoms with Crippen molar-refractivity contribution in [2.45, 2.75) is 13.3 Å². The Morgan fingerprint density at radius 2 is 2.31 bits per heavy atom. The minimum atomic E-state index is 0.00809. The highest BCUT2D eigenvalue weighted by molar-refractivity contribution is 5.78. The molecule has 0 spiro atoms. The molecule has 88 valence electrons. The van der Waals surface area contributed by atoms with Crippen LogP contribution < -0.4 is 10.6 Å². The maximum Gasteiger partial charge on any atom is 0.224 e. The fourth-order valence-electron chi connectivity index (χ4n) is 1.43. The number of carbonyl (C=O) groups excluding carboxylic acids is 1. The van der Waals surface area contributed by atoms with Crippen LogP contribution >= 0.6 is 0 Å². The fraction of sp³-hybridized carbons (Fsp3) is 0.500. The van der Waals surface area contributed by atoms with Gasteiger partial charge in [-0.2, -0.15) is 0 Å². The number of carbonyl (C=O) groups is 1. The molecule has 0 bridgehead atoms. The SMILES string of the molecule is CNCC(C)C(=O)NCCc1ccccn1. The van der Waals surface area contributed by atoms with Gasteiger partial charge in [0.15, 0.2) is 0 Å². The predicted octanol–water partition coefficient (Wildman–Crippen LogP) is 0.596. The van der Waals surface area contributed by atoms with E-state index in [4.69, 9.17) is 0 Å². The third-order valence-corrected chi connectivity index (χ3v) is 2.36. The lowest BCUT2D eigenvalue weighted by molar-refractivity contribution is -0.124. The third-order valence-electron chi connectivity index (χ3n) is 2.36. The maximum absolute atomic E-state index is 11.6. The number of hydrogen-bond donors (Lipinski definition) is 2. The molecule has 0 aliphatic rings. The van der Waals surface area contributed by atoms with Crippen LogP contribution in [0.5, 0.6) is 0 Å². The van der Waals surface area contributed by atoms with Gasteiger partial charge in [-0.3, -0.25) is 9.78 Å². The van der Waals surface area contributed by atoms with Crippen molar-refractivity contribution in [3.05, 3.63) is 30.1 Å². The number of rotatable bonds is 6. The fourth-order valence-corrected chi connectivity index (χ4v) is 1.43. The molecule has 0 aliphatic carbocycles. The van der Waals surface area contributed by atoms with Crippen molar-refractivity contribution in [1.82, 2.24) is 15.6 Å². The van der Waals surface area contributed by atoms with Crippen molar-refractivity contribution in [3.8, 4) is 0 Å². The summed E-state index contributed by atoms with van der Waals surface area (Å²) in [5, 5.41) is 5.88. The van der Waals surface area contributed by atoms with Gasteiger partial charge in [0.1, 0.15) is 0 Å². The van der Waals surface area contributed by atoms with Crippen molar-refractivity contribution >= 4 is 5.91 Å². The standard InChI is InChI=1S/C12H19N3O/c1-10(9-13-2)12(16)15-8-6-11-5-3-4-7-14-11/h3-5,7,10,13H,6,8-9H2,1-2H3,(H,15,16). The van der Waals surface area contributed by atoms with E-state index in [-0.39, 0.29) is 11.8 Å². The van der Waals surface area contributed by atoms with Gasteiger partial charge in [0, 0.05) is 37.3 Å². The van der Waals surface area contributed by atoms with Gasteiger partial charge < -0.3 is 10.6 Å². The summed E-state index contributed by atoms with van der Waals surface area (Å²) in [5.41, 5.74) is 1.00. The normalized spacial score (nSPS) is 12.1. The molecular weight excluding hydrogens is 202 g/mol. The maximum atomic E-state index is 11.6. The van der Waals surface area contributed by atoms with Crippen molar-refractivity contribution in [2.75, 3.05) is 20.1 Å². The molecule has 0 aliphatic heterocycles. The monoisotopic (exact) mass is 221 g/mol. The van der Waals surface area contributed by atoms with Gasteiger partial charge in [0.25, 0.3) is 0 Å². The van der Waals surface area contributed by atoms with Crippen molar-refractivity contribution in [1.29, 1.82) is 0 Å². The van der Waals surface area contributed by atoms with Gasteiger partial charge in [-0.15, -0.1) is 0 Å². The van der Waals surface area contributed by atoms with Gasteiger partial charge in [-0.25, -0.2) is 0 Å². The zero-order valence-corrected chi connectivity index (χ0v) is 9.86. The highest BCUT2D eigenvalue weighted by Crippen LogP contribution is 1.95. The van der Waals surface area contributed by atoms with Gasteiger partial charge in [0.05, 0.1) is 0 Å². The first kappa shape index (κ1) is 12.6. The first-order chi connectivity index (χ1) is 7.74. The number of pyridine rings is 1. The van der Waals surface area contributed by atoms with Crippen LogP contribution in [0.25, 0.3) is 0 Å². The van der Waals surface area contributed by atoms with Gasteiger partial charge in [0.2, 0.25) is 5.91 Å². The highest BCUT2D eigenvalue weighted by atomic mass is 16.1. The van der Waals surface area contributed by atoms with E-state index in [2.05, 4.69) is 15.6 Å². The summed E-state index contributed by atoms with van der Waals surface area (Å²) in [4.78, 5) is 15.7. The molecule has 0 saturated carbocycles. The number of nitrogens with zero attached hydrogens (tertiary/aromatic N) is 1. The lowest BCUT2D eigenvalue weighted by Crippen LogP contribution is -2.35. The molecule has 1 rings (SSSR count). The molecule has 1 unspecified atom stereocenters. The van der Waals surface area contributed by atoms with E-state index in [0.717, 1.165) is 12.1 Å². The minimum Gasteiger partial charge on any atom is -0.355 e. The van der Waals surface area contributed by atoms with Gasteiger partial charge in [-0.1, -0.05) is 13.0 Å². The Morgan fingerprint density at radius 1 is 1.50 bits per heavy atom. The molecule has 4 heteroatoms. The average molecular weight is 221 g/mol. The topological polar surface area (TPSA) is 54.0 Å². The second-order valence-electron chi connectivity index (χ2n) is 3.82. The summed E-state index contributed by atoms with van der Waals surface area (Å²) < 4.78 is 0. The summed E-state index contributed by atoms with van der Waals surface area (Å²) in [6, 6.07) is 5.80. The Bertz CT molecular complexity index is 313. The Morgan fingerprint density at radius 3 is 2.94 bits per heavy atom. The van der Waals surface area contributed by atoms with Crippen LogP contribution in [0.1, 0.15) is 12.6 Å². The van der Waals surface area contributed by atoms with Crippen LogP contribution in [0.3, 0.4) is 0 Å². The molecule has 1 atom stereocenters. The molecule has 0 saturated heterocycles. The second-order valence-corrected chi connectivity index (χ2v) is 3.82. The Balaban J connectivity index is 2.23. The molecule has 0 aromatic carbocycles. The van der Waals surface area contributed by atoms with Gasteiger partial charge >= 0.3 is 0 Å². The van der Waals surface area contributed by atoms with E-state index in [1.54, 1.807) is 6.20 Å². The van der Waals surface area contributed by atoms with Crippen molar-refractivity contribution < 1.29 is 4.79 Å². The summed E-state index contributed by atoms with van der Waals surface area (Å²) in [6.07, 6.45) is 2.54. The number of hydrogen-bond acceptors (Lipinski definition) is 3. The van der Waals surface area contributed by atoms with E-state index < -0.39 is 0 Å². The summed E-state index contributed by atoms with van der Waals surface area (Å²) >= 11 is 0. The third kappa shape index (κ3) is 4.40. The molecule has 0 fully saturated rings. The largest absolute Gasteiger partial charge is 0.355 e. The van der Waals surface area contributed by atoms with Crippen LogP contribution in [0, 0.1) is 5.92 Å². The molecular formula is C12H19N3O. The lowest BCUT2D eigenvalue weighted by atomic mass is 10.1. The van der Waals surface area contributed by atoms with Crippen molar-refractivity contribution in [2.24, 2.45) is 5.92 Å². The van der Waals surface area contributed by atoms with E-state index in [9.17, 15) is 4.79 Å². The number of nitrogens with one attached hydrogen (secondary N) is 2. The van der Waals surface area contributed by atoms with E-state index in [0.29, 0.717) is 13.1 Å². The second kappa shape index (κ2) is 6.95. The molecule has 1 aromatic heterocycles. The molecule has 1 aromatic rings. The lowest BCUT2D eigenvalue weighted by Gasteiger charge is -2.11. The van der Waals surface area contributed by atoms with E-state index in [1.807, 2.05) is 32.2 Å². The number of aromatic nitrogens is 1. The number of amides is 1. The van der Waals surface area contributed by atoms with Crippen LogP contribution in [0.4, 0.5) is 0 Å². The molecule has 4 nitrogen and oxygen atoms in total. The first-order valence-electron chi connectivity index (χ1n) is 5.56. The molecule has 16 heavy (non-hydrogen) atoms. The minimum absolute atomic E-state index is 0.00809. The van der Waals surface area contributed by atoms with Crippen LogP contribution in [0.15, 0.2) is 24.4 Å². The Labute approximate surface area is 96.5 Å². The summed E-state index contributed by atoms with van der Waals surface area (Å²) in [7, 11) is 1.84. The quantitative estimate of drug-likeness (QED) is 0.739. The molecule has 2 N–H and O–H groups in total. The molecule has 0 radical (unpaired) electrons. The highest BCUT2D eigenvalue weighted by Gasteiger charge is 2.10. The molecule has 1 heterocycles. The van der Waals surface area contributed by atoms with Gasteiger partial charge in [-0.05, 0) is 19.2 Å². The zero-order chi connectivity index (χ0) is 11.8. The first-order valence-corrected chi connectivity index (χ1v) is 5.56.